The molecule has 2 aromatic heterocycles. The lowest BCUT2D eigenvalue weighted by molar-refractivity contribution is -0.700. The molecule has 3 aromatic rings. The van der Waals surface area contributed by atoms with Crippen molar-refractivity contribution >= 4 is 22.9 Å². The Bertz CT molecular complexity index is 1010. The molecule has 2 N–H and O–H groups in total. The highest BCUT2D eigenvalue weighted by Gasteiger charge is 2.24. The summed E-state index contributed by atoms with van der Waals surface area (Å²) in [7, 11) is 1.64. The van der Waals surface area contributed by atoms with Crippen LogP contribution in [0.1, 0.15) is 12.5 Å². The van der Waals surface area contributed by atoms with Crippen molar-refractivity contribution < 1.29 is 4.57 Å². The van der Waals surface area contributed by atoms with Crippen molar-refractivity contribution in [3.05, 3.63) is 68.9 Å². The maximum Gasteiger partial charge on any atom is 0.331 e. The van der Waals surface area contributed by atoms with Crippen LogP contribution in [0.5, 0.6) is 0 Å². The molecule has 1 aromatic carbocycles. The van der Waals surface area contributed by atoms with E-state index in [4.69, 9.17) is 0 Å². The Morgan fingerprint density at radius 2 is 1.96 bits per heavy atom. The van der Waals surface area contributed by atoms with E-state index in [1.54, 1.807) is 18.8 Å². The molecule has 0 aliphatic carbocycles. The first-order chi connectivity index (χ1) is 11.5. The summed E-state index contributed by atoms with van der Waals surface area (Å²) in [4.78, 5) is 29.8. The minimum Gasteiger partial charge on any atom is -0.270 e. The Hall–Kier alpha value is -2.54. The summed E-state index contributed by atoms with van der Waals surface area (Å²) in [6.07, 6.45) is 0. The molecule has 124 valence electrons. The molecule has 3 rings (SSSR count). The van der Waals surface area contributed by atoms with Gasteiger partial charge in [-0.15, -0.1) is 0 Å². The summed E-state index contributed by atoms with van der Waals surface area (Å²) in [6.45, 7) is 6.42. The van der Waals surface area contributed by atoms with E-state index in [-0.39, 0.29) is 5.56 Å². The van der Waals surface area contributed by atoms with Crippen LogP contribution < -0.4 is 15.8 Å². The van der Waals surface area contributed by atoms with Crippen molar-refractivity contribution in [3.63, 3.8) is 0 Å². The van der Waals surface area contributed by atoms with E-state index in [1.807, 2.05) is 41.8 Å². The zero-order valence-corrected chi connectivity index (χ0v) is 14.4. The monoisotopic (exact) mass is 343 g/mol. The lowest BCUT2D eigenvalue weighted by atomic mass is 10.2. The molecular formula is C17H19N4O2S+. The summed E-state index contributed by atoms with van der Waals surface area (Å²) in [5.74, 6) is 0.730. The third kappa shape index (κ3) is 3.07. The molecule has 0 amide bonds. The fourth-order valence-electron chi connectivity index (χ4n) is 2.49. The second-order valence-electron chi connectivity index (χ2n) is 5.76. The average molecular weight is 343 g/mol. The number of hydrogen-bond donors (Lipinski definition) is 2. The normalized spacial score (nSPS) is 11.1. The maximum atomic E-state index is 12.4. The van der Waals surface area contributed by atoms with Gasteiger partial charge in [0.15, 0.2) is 0 Å². The van der Waals surface area contributed by atoms with Crippen molar-refractivity contribution in [2.24, 2.45) is 7.05 Å². The number of nitrogens with zero attached hydrogens (tertiary/aromatic N) is 2. The van der Waals surface area contributed by atoms with Crippen LogP contribution in [0, 0.1) is 0 Å². The van der Waals surface area contributed by atoms with E-state index < -0.39 is 5.69 Å². The van der Waals surface area contributed by atoms with Crippen LogP contribution in [0.3, 0.4) is 0 Å². The molecule has 0 saturated heterocycles. The molecular weight excluding hydrogens is 324 g/mol. The first-order valence-electron chi connectivity index (χ1n) is 7.53. The van der Waals surface area contributed by atoms with Crippen LogP contribution in [0.15, 0.2) is 57.2 Å². The van der Waals surface area contributed by atoms with Crippen molar-refractivity contribution in [1.82, 2.24) is 14.5 Å². The van der Waals surface area contributed by atoms with Gasteiger partial charge in [0.2, 0.25) is 0 Å². The molecule has 0 bridgehead atoms. The molecule has 0 fully saturated rings. The Labute approximate surface area is 142 Å². The Kier molecular flexibility index (Phi) is 4.44. The lowest BCUT2D eigenvalue weighted by Crippen LogP contribution is -2.41. The predicted molar refractivity (Wildman–Crippen MR) is 95.4 cm³/mol. The van der Waals surface area contributed by atoms with Gasteiger partial charge < -0.3 is 0 Å². The number of rotatable bonds is 5. The van der Waals surface area contributed by atoms with Crippen LogP contribution in [0.2, 0.25) is 0 Å². The van der Waals surface area contributed by atoms with Gasteiger partial charge in [-0.3, -0.25) is 14.3 Å². The molecule has 0 aliphatic rings. The summed E-state index contributed by atoms with van der Waals surface area (Å²) >= 11 is 1.56. The van der Waals surface area contributed by atoms with E-state index in [0.717, 1.165) is 22.0 Å². The molecule has 6 nitrogen and oxygen atoms in total. The first kappa shape index (κ1) is 16.3. The summed E-state index contributed by atoms with van der Waals surface area (Å²) < 4.78 is 3.33. The van der Waals surface area contributed by atoms with Gasteiger partial charge in [0.05, 0.1) is 0 Å². The number of hydrogen-bond acceptors (Lipinski definition) is 3. The number of aromatic amines is 2. The molecule has 0 aliphatic heterocycles. The van der Waals surface area contributed by atoms with Crippen LogP contribution in [0.25, 0.3) is 11.2 Å². The van der Waals surface area contributed by atoms with Crippen molar-refractivity contribution in [1.29, 1.82) is 0 Å². The van der Waals surface area contributed by atoms with Gasteiger partial charge in [-0.25, -0.2) is 14.3 Å². The van der Waals surface area contributed by atoms with Crippen LogP contribution in [-0.4, -0.2) is 20.3 Å². The van der Waals surface area contributed by atoms with Gasteiger partial charge >= 0.3 is 16.4 Å². The van der Waals surface area contributed by atoms with Gasteiger partial charge in [0, 0.05) is 12.8 Å². The third-order valence-electron chi connectivity index (χ3n) is 3.68. The molecule has 7 heteroatoms. The SMILES string of the molecule is C=C(C)CSc1[nH]c2c(c(=O)[nH]c(=O)n2C)[n+]1Cc1ccccc1. The smallest absolute Gasteiger partial charge is 0.270 e. The summed E-state index contributed by atoms with van der Waals surface area (Å²) in [5.41, 5.74) is 2.27. The van der Waals surface area contributed by atoms with Gasteiger partial charge in [-0.2, -0.15) is 0 Å². The molecule has 0 unspecified atom stereocenters. The number of aromatic nitrogens is 4. The highest BCUT2D eigenvalue weighted by Crippen LogP contribution is 2.18. The molecule has 0 saturated carbocycles. The highest BCUT2D eigenvalue weighted by molar-refractivity contribution is 7.99. The van der Waals surface area contributed by atoms with Crippen molar-refractivity contribution in [2.75, 3.05) is 5.75 Å². The number of nitrogens with one attached hydrogen (secondary N) is 2. The number of fused-ring (bicyclic) bond motifs is 1. The Balaban J connectivity index is 2.20. The fourth-order valence-corrected chi connectivity index (χ4v) is 3.36. The van der Waals surface area contributed by atoms with Gasteiger partial charge in [-0.1, -0.05) is 42.5 Å². The maximum absolute atomic E-state index is 12.4. The van der Waals surface area contributed by atoms with Crippen molar-refractivity contribution in [3.8, 4) is 0 Å². The van der Waals surface area contributed by atoms with Crippen LogP contribution in [-0.2, 0) is 13.6 Å². The topological polar surface area (TPSA) is 74.5 Å². The van der Waals surface area contributed by atoms with E-state index in [9.17, 15) is 9.59 Å². The number of thioether (sulfide) groups is 1. The first-order valence-corrected chi connectivity index (χ1v) is 8.52. The summed E-state index contributed by atoms with van der Waals surface area (Å²) in [6, 6.07) is 9.90. The largest absolute Gasteiger partial charge is 0.331 e. The van der Waals surface area contributed by atoms with E-state index >= 15 is 0 Å². The second kappa shape index (κ2) is 6.52. The molecule has 0 radical (unpaired) electrons. The number of H-pyrrole nitrogens is 2. The van der Waals surface area contributed by atoms with Gasteiger partial charge in [0.25, 0.3) is 11.2 Å². The molecule has 0 spiro atoms. The van der Waals surface area contributed by atoms with E-state index in [0.29, 0.717) is 17.7 Å². The van der Waals surface area contributed by atoms with Crippen LogP contribution in [0.4, 0.5) is 0 Å². The fraction of sp³-hybridized carbons (Fsp3) is 0.235. The molecule has 2 heterocycles. The average Bonchev–Trinajstić information content (AvgIpc) is 2.91. The highest BCUT2D eigenvalue weighted by atomic mass is 32.2. The van der Waals surface area contributed by atoms with Gasteiger partial charge in [0.1, 0.15) is 6.54 Å². The van der Waals surface area contributed by atoms with E-state index in [2.05, 4.69) is 16.5 Å². The summed E-state index contributed by atoms with van der Waals surface area (Å²) in [5, 5.41) is 0.823. The van der Waals surface area contributed by atoms with Gasteiger partial charge in [-0.05, 0) is 24.2 Å². The van der Waals surface area contributed by atoms with E-state index in [1.165, 1.54) is 4.57 Å². The zero-order valence-electron chi connectivity index (χ0n) is 13.6. The quantitative estimate of drug-likeness (QED) is 0.419. The Morgan fingerprint density at radius 1 is 1.25 bits per heavy atom. The number of benzene rings is 1. The predicted octanol–water partition coefficient (Wildman–Crippen LogP) is 1.56. The standard InChI is InChI=1S/C17H18N4O2S/c1-11(2)10-24-17-18-14-13(15(22)19-16(23)20(14)3)21(17)9-12-7-5-4-6-8-12/h4-8H,1,9-10H2,2-3H3,(H,19,22,23)/p+1. The van der Waals surface area contributed by atoms with Crippen LogP contribution >= 0.6 is 11.8 Å². The van der Waals surface area contributed by atoms with Crippen molar-refractivity contribution in [2.45, 2.75) is 18.6 Å². The minimum absolute atomic E-state index is 0.387. The Morgan fingerprint density at radius 3 is 2.62 bits per heavy atom. The lowest BCUT2D eigenvalue weighted by Gasteiger charge is -2.02. The zero-order chi connectivity index (χ0) is 17.3. The number of imidazole rings is 1. The third-order valence-corrected chi connectivity index (χ3v) is 4.91. The molecule has 0 atom stereocenters. The minimum atomic E-state index is -0.433. The second-order valence-corrected chi connectivity index (χ2v) is 6.73. The number of aryl methyl sites for hydroxylation is 1. The molecule has 24 heavy (non-hydrogen) atoms.